The van der Waals surface area contributed by atoms with Gasteiger partial charge in [-0.1, -0.05) is 102 Å². The number of aliphatic hydroxyl groups excluding tert-OH is 1. The number of amides is 1. The Labute approximate surface area is 283 Å². The molecular formula is C35H64NO10P. The number of phosphoric ester groups is 1. The molecule has 0 aromatic heterocycles. The fourth-order valence-electron chi connectivity index (χ4n) is 4.60. The van der Waals surface area contributed by atoms with Crippen LogP contribution in [0.4, 0.5) is 0 Å². The topological polar surface area (TPSA) is 169 Å². The van der Waals surface area contributed by atoms with Gasteiger partial charge in [-0.15, -0.1) is 0 Å². The van der Waals surface area contributed by atoms with Gasteiger partial charge in [0.15, 0.2) is 6.04 Å². The lowest BCUT2D eigenvalue weighted by molar-refractivity contribution is -0.147. The largest absolute Gasteiger partial charge is 0.480 e. The monoisotopic (exact) mass is 689 g/mol. The molecule has 0 aliphatic carbocycles. The van der Waals surface area contributed by atoms with Crippen LogP contribution in [-0.2, 0) is 32.7 Å². The van der Waals surface area contributed by atoms with Crippen molar-refractivity contribution in [2.24, 2.45) is 0 Å². The van der Waals surface area contributed by atoms with E-state index < -0.39 is 57.6 Å². The van der Waals surface area contributed by atoms with Crippen molar-refractivity contribution < 1.29 is 47.8 Å². The van der Waals surface area contributed by atoms with Crippen molar-refractivity contribution >= 4 is 25.7 Å². The van der Waals surface area contributed by atoms with Crippen LogP contribution < -0.4 is 5.32 Å². The number of hydrogen-bond acceptors (Lipinski definition) is 8. The minimum Gasteiger partial charge on any atom is -0.480 e. The quantitative estimate of drug-likeness (QED) is 0.0230. The standard InChI is InChI=1S/C35H64NO10P/c1-3-5-7-9-11-13-15-16-17-19-21-23-25-27-34(39)44-28-31(37)29-45-47(42,43)46-30-32(35(40)41)36-33(38)26-24-22-20-18-14-12-10-8-6-4-2/h8,10,13,15,31-32,37H,3-7,9,11-12,14,16-30H2,1-2H3,(H,36,38)(H,40,41)(H,42,43)/b10-8-,15-13-. The zero-order valence-corrected chi connectivity index (χ0v) is 30.0. The fourth-order valence-corrected chi connectivity index (χ4v) is 5.38. The van der Waals surface area contributed by atoms with Crippen LogP contribution in [0.1, 0.15) is 149 Å². The van der Waals surface area contributed by atoms with Crippen molar-refractivity contribution in [2.45, 2.75) is 161 Å². The molecule has 3 unspecified atom stereocenters. The van der Waals surface area contributed by atoms with Crippen molar-refractivity contribution in [1.29, 1.82) is 0 Å². The van der Waals surface area contributed by atoms with E-state index in [4.69, 9.17) is 13.8 Å². The number of hydrogen-bond donors (Lipinski definition) is 4. The molecule has 0 aromatic rings. The first-order chi connectivity index (χ1) is 22.6. The van der Waals surface area contributed by atoms with E-state index in [2.05, 4.69) is 43.5 Å². The van der Waals surface area contributed by atoms with Crippen LogP contribution in [0.2, 0.25) is 0 Å². The second-order valence-electron chi connectivity index (χ2n) is 12.0. The Balaban J connectivity index is 4.01. The average molecular weight is 690 g/mol. The minimum atomic E-state index is -4.75. The number of ether oxygens (including phenoxy) is 1. The number of carbonyl (C=O) groups excluding carboxylic acids is 2. The number of nitrogens with one attached hydrogen (secondary N) is 1. The maximum atomic E-state index is 12.2. The van der Waals surface area contributed by atoms with E-state index >= 15 is 0 Å². The summed E-state index contributed by atoms with van der Waals surface area (Å²) >= 11 is 0. The van der Waals surface area contributed by atoms with Gasteiger partial charge in [0.25, 0.3) is 0 Å². The Morgan fingerprint density at radius 2 is 1.15 bits per heavy atom. The number of esters is 1. The number of allylic oxidation sites excluding steroid dienone is 4. The molecule has 0 bridgehead atoms. The van der Waals surface area contributed by atoms with Crippen LogP contribution in [0.15, 0.2) is 24.3 Å². The number of aliphatic carboxylic acids is 1. The number of carboxylic acid groups (broad SMARTS) is 1. The molecular weight excluding hydrogens is 625 g/mol. The second-order valence-corrected chi connectivity index (χ2v) is 13.5. The third kappa shape index (κ3) is 31.0. The van der Waals surface area contributed by atoms with Crippen LogP contribution in [0.25, 0.3) is 0 Å². The molecule has 0 radical (unpaired) electrons. The summed E-state index contributed by atoms with van der Waals surface area (Å²) in [6, 6.07) is -1.55. The summed E-state index contributed by atoms with van der Waals surface area (Å²) in [5.74, 6) is -2.40. The van der Waals surface area contributed by atoms with Crippen LogP contribution in [0.5, 0.6) is 0 Å². The van der Waals surface area contributed by atoms with Crippen LogP contribution in [0, 0.1) is 0 Å². The fraction of sp³-hybridized carbons (Fsp3) is 0.800. The molecule has 0 spiro atoms. The summed E-state index contributed by atoms with van der Waals surface area (Å²) in [7, 11) is -4.75. The van der Waals surface area contributed by atoms with Crippen LogP contribution in [0.3, 0.4) is 0 Å². The molecule has 0 fully saturated rings. The zero-order valence-electron chi connectivity index (χ0n) is 29.1. The minimum absolute atomic E-state index is 0.134. The highest BCUT2D eigenvalue weighted by atomic mass is 31.2. The highest BCUT2D eigenvalue weighted by Crippen LogP contribution is 2.43. The first-order valence-corrected chi connectivity index (χ1v) is 19.4. The molecule has 0 heterocycles. The number of rotatable bonds is 33. The Bertz CT molecular complexity index is 911. The van der Waals surface area contributed by atoms with Crippen molar-refractivity contribution in [3.05, 3.63) is 24.3 Å². The Hall–Kier alpha value is -2.04. The second kappa shape index (κ2) is 31.2. The molecule has 12 heteroatoms. The van der Waals surface area contributed by atoms with Crippen molar-refractivity contribution in [2.75, 3.05) is 19.8 Å². The molecule has 4 N–H and O–H groups in total. The lowest BCUT2D eigenvalue weighted by Gasteiger charge is -2.18. The van der Waals surface area contributed by atoms with Crippen molar-refractivity contribution in [1.82, 2.24) is 5.32 Å². The predicted molar refractivity (Wildman–Crippen MR) is 185 cm³/mol. The van der Waals surface area contributed by atoms with Gasteiger partial charge in [-0.05, 0) is 57.8 Å². The molecule has 0 rings (SSSR count). The predicted octanol–water partition coefficient (Wildman–Crippen LogP) is 7.94. The number of carboxylic acids is 1. The van der Waals surface area contributed by atoms with E-state index in [9.17, 15) is 34.1 Å². The number of phosphoric acid groups is 1. The molecule has 3 atom stereocenters. The first kappa shape index (κ1) is 45.0. The van der Waals surface area contributed by atoms with Gasteiger partial charge >= 0.3 is 19.8 Å². The van der Waals surface area contributed by atoms with E-state index in [1.54, 1.807) is 0 Å². The third-order valence-corrected chi connectivity index (χ3v) is 8.39. The van der Waals surface area contributed by atoms with Gasteiger partial charge in [0, 0.05) is 12.8 Å². The number of carbonyl (C=O) groups is 3. The van der Waals surface area contributed by atoms with Crippen molar-refractivity contribution in [3.8, 4) is 0 Å². The molecule has 0 saturated heterocycles. The van der Waals surface area contributed by atoms with Gasteiger partial charge in [0.1, 0.15) is 12.7 Å². The van der Waals surface area contributed by atoms with Gasteiger partial charge in [-0.3, -0.25) is 18.6 Å². The zero-order chi connectivity index (χ0) is 35.0. The molecule has 11 nitrogen and oxygen atoms in total. The van der Waals surface area contributed by atoms with Crippen molar-refractivity contribution in [3.63, 3.8) is 0 Å². The van der Waals surface area contributed by atoms with Gasteiger partial charge in [-0.25, -0.2) is 9.36 Å². The van der Waals surface area contributed by atoms with Gasteiger partial charge in [0.05, 0.1) is 13.2 Å². The van der Waals surface area contributed by atoms with Gasteiger partial charge < -0.3 is 25.2 Å². The molecule has 0 aliphatic heterocycles. The summed E-state index contributed by atoms with van der Waals surface area (Å²) in [6.45, 7) is 2.45. The number of unbranched alkanes of at least 4 members (excludes halogenated alkanes) is 15. The maximum absolute atomic E-state index is 12.2. The highest BCUT2D eigenvalue weighted by Gasteiger charge is 2.28. The SMILES string of the molecule is CCC/C=C\CCCCCCCC(=O)NC(COP(=O)(O)OCC(O)COC(=O)CCCCCCC/C=C\CCCCCC)C(=O)O. The summed E-state index contributed by atoms with van der Waals surface area (Å²) in [5.41, 5.74) is 0. The summed E-state index contributed by atoms with van der Waals surface area (Å²) < 4.78 is 26.6. The van der Waals surface area contributed by atoms with Gasteiger partial charge in [0.2, 0.25) is 5.91 Å². The summed E-state index contributed by atoms with van der Waals surface area (Å²) in [4.78, 5) is 45.5. The van der Waals surface area contributed by atoms with E-state index in [0.717, 1.165) is 83.5 Å². The molecule has 1 amide bonds. The van der Waals surface area contributed by atoms with Gasteiger partial charge in [-0.2, -0.15) is 0 Å². The summed E-state index contributed by atoms with van der Waals surface area (Å²) in [5, 5.41) is 21.6. The average Bonchev–Trinajstić information content (AvgIpc) is 3.04. The number of aliphatic hydroxyl groups is 1. The maximum Gasteiger partial charge on any atom is 0.472 e. The lowest BCUT2D eigenvalue weighted by atomic mass is 10.1. The van der Waals surface area contributed by atoms with E-state index in [-0.39, 0.29) is 12.8 Å². The Morgan fingerprint density at radius 1 is 0.660 bits per heavy atom. The molecule has 274 valence electrons. The van der Waals surface area contributed by atoms with E-state index in [1.807, 2.05) is 0 Å². The van der Waals surface area contributed by atoms with Crippen LogP contribution >= 0.6 is 7.82 Å². The lowest BCUT2D eigenvalue weighted by Crippen LogP contribution is -2.43. The smallest absolute Gasteiger partial charge is 0.472 e. The molecule has 0 aromatic carbocycles. The summed E-state index contributed by atoms with van der Waals surface area (Å²) in [6.07, 6.45) is 27.9. The third-order valence-electron chi connectivity index (χ3n) is 7.44. The molecule has 47 heavy (non-hydrogen) atoms. The van der Waals surface area contributed by atoms with E-state index in [1.165, 1.54) is 25.7 Å². The Morgan fingerprint density at radius 3 is 1.70 bits per heavy atom. The highest BCUT2D eigenvalue weighted by molar-refractivity contribution is 7.47. The Kier molecular flexibility index (Phi) is 29.9. The normalized spacial score (nSPS) is 14.3. The van der Waals surface area contributed by atoms with Crippen LogP contribution in [-0.4, -0.2) is 64.9 Å². The molecule has 0 saturated carbocycles. The first-order valence-electron chi connectivity index (χ1n) is 17.9. The molecule has 0 aliphatic rings. The van der Waals surface area contributed by atoms with E-state index in [0.29, 0.717) is 12.8 Å².